The van der Waals surface area contributed by atoms with Crippen molar-refractivity contribution in [2.24, 2.45) is 0 Å². The van der Waals surface area contributed by atoms with Crippen molar-refractivity contribution in [1.82, 2.24) is 15.2 Å². The van der Waals surface area contributed by atoms with Gasteiger partial charge < -0.3 is 4.42 Å². The van der Waals surface area contributed by atoms with Crippen LogP contribution in [0.3, 0.4) is 0 Å². The normalized spacial score (nSPS) is 12.7. The molecule has 3 heterocycles. The molecule has 0 aromatic carbocycles. The molecule has 19 heavy (non-hydrogen) atoms. The Morgan fingerprint density at radius 3 is 2.89 bits per heavy atom. The Morgan fingerprint density at radius 1 is 1.32 bits per heavy atom. The Labute approximate surface area is 122 Å². The van der Waals surface area contributed by atoms with Crippen molar-refractivity contribution in [2.45, 2.75) is 23.4 Å². The molecule has 3 rings (SSSR count). The second kappa shape index (κ2) is 5.44. The van der Waals surface area contributed by atoms with Crippen LogP contribution >= 0.6 is 34.4 Å². The molecule has 4 nitrogen and oxygen atoms in total. The van der Waals surface area contributed by atoms with E-state index in [9.17, 15) is 0 Å². The summed E-state index contributed by atoms with van der Waals surface area (Å²) < 4.78 is 6.74. The molecule has 0 spiro atoms. The van der Waals surface area contributed by atoms with Crippen LogP contribution in [-0.2, 0) is 0 Å². The first-order chi connectivity index (χ1) is 9.22. The predicted molar refractivity (Wildman–Crippen MR) is 78.7 cm³/mol. The van der Waals surface area contributed by atoms with Gasteiger partial charge in [-0.15, -0.1) is 32.9 Å². The van der Waals surface area contributed by atoms with Crippen molar-refractivity contribution in [3.05, 3.63) is 34.5 Å². The lowest BCUT2D eigenvalue weighted by Crippen LogP contribution is -1.88. The molecule has 3 aromatic rings. The maximum atomic E-state index is 5.71. The molecule has 0 saturated carbocycles. The molecule has 0 aliphatic heterocycles. The van der Waals surface area contributed by atoms with E-state index >= 15 is 0 Å². The van der Waals surface area contributed by atoms with Crippen LogP contribution in [0.25, 0.3) is 10.8 Å². The molecule has 0 N–H and O–H groups in total. The van der Waals surface area contributed by atoms with Crippen LogP contribution in [0.1, 0.15) is 23.8 Å². The van der Waals surface area contributed by atoms with Gasteiger partial charge in [0, 0.05) is 11.1 Å². The van der Waals surface area contributed by atoms with Crippen molar-refractivity contribution in [2.75, 3.05) is 0 Å². The third-order valence-electron chi connectivity index (χ3n) is 2.40. The zero-order valence-electron chi connectivity index (χ0n) is 10.4. The summed E-state index contributed by atoms with van der Waals surface area (Å²) in [6.45, 7) is 4.04. The number of thiophene rings is 1. The van der Waals surface area contributed by atoms with Crippen LogP contribution in [0.15, 0.2) is 31.6 Å². The molecular formula is C12H11N3OS3. The van der Waals surface area contributed by atoms with Gasteiger partial charge in [0.15, 0.2) is 4.34 Å². The molecule has 0 saturated heterocycles. The number of hydrogen-bond acceptors (Lipinski definition) is 7. The van der Waals surface area contributed by atoms with Crippen LogP contribution in [-0.4, -0.2) is 15.2 Å². The van der Waals surface area contributed by atoms with Gasteiger partial charge in [-0.05, 0) is 25.3 Å². The molecule has 7 heteroatoms. The summed E-state index contributed by atoms with van der Waals surface area (Å²) in [5.41, 5.74) is 1.05. The lowest BCUT2D eigenvalue weighted by atomic mass is 10.5. The van der Waals surface area contributed by atoms with Gasteiger partial charge >= 0.3 is 0 Å². The minimum atomic E-state index is 0.103. The molecule has 0 aliphatic rings. The average molecular weight is 309 g/mol. The van der Waals surface area contributed by atoms with Gasteiger partial charge in [0.25, 0.3) is 5.89 Å². The smallest absolute Gasteiger partial charge is 0.257 e. The summed E-state index contributed by atoms with van der Waals surface area (Å²) in [7, 11) is 0. The molecule has 0 aliphatic carbocycles. The Hall–Kier alpha value is -1.18. The summed E-state index contributed by atoms with van der Waals surface area (Å²) >= 11 is 4.88. The molecule has 0 radical (unpaired) electrons. The van der Waals surface area contributed by atoms with E-state index in [4.69, 9.17) is 4.42 Å². The van der Waals surface area contributed by atoms with Crippen molar-refractivity contribution in [3.8, 4) is 10.8 Å². The summed E-state index contributed by atoms with van der Waals surface area (Å²) in [6, 6.07) is 3.95. The first-order valence-electron chi connectivity index (χ1n) is 5.68. The van der Waals surface area contributed by atoms with E-state index in [1.54, 1.807) is 34.4 Å². The Bertz CT molecular complexity index is 659. The van der Waals surface area contributed by atoms with Crippen LogP contribution < -0.4 is 0 Å². The Balaban J connectivity index is 1.75. The van der Waals surface area contributed by atoms with Crippen molar-refractivity contribution in [3.63, 3.8) is 0 Å². The van der Waals surface area contributed by atoms with Gasteiger partial charge in [-0.1, -0.05) is 17.8 Å². The molecule has 0 bridgehead atoms. The van der Waals surface area contributed by atoms with E-state index in [0.717, 1.165) is 14.9 Å². The zero-order chi connectivity index (χ0) is 13.2. The summed E-state index contributed by atoms with van der Waals surface area (Å²) in [5.74, 6) is 1.23. The summed E-state index contributed by atoms with van der Waals surface area (Å²) in [4.78, 5) is 5.43. The number of hydrogen-bond donors (Lipinski definition) is 0. The number of thioether (sulfide) groups is 1. The second-order valence-corrected chi connectivity index (χ2v) is 7.33. The molecular weight excluding hydrogens is 298 g/mol. The number of thiazole rings is 1. The number of aromatic nitrogens is 3. The third kappa shape index (κ3) is 2.88. The van der Waals surface area contributed by atoms with E-state index in [1.165, 1.54) is 0 Å². The first-order valence-corrected chi connectivity index (χ1v) is 8.32. The largest absolute Gasteiger partial charge is 0.419 e. The average Bonchev–Trinajstić information content (AvgIpc) is 3.08. The standard InChI is InChI=1S/C12H11N3OS3/c1-7-6-18-12(13-7)19-8(2)10-14-15-11(16-10)9-4-3-5-17-9/h3-6,8H,1-2H3/t8-/m0/s1. The summed E-state index contributed by atoms with van der Waals surface area (Å²) in [6.07, 6.45) is 0. The topological polar surface area (TPSA) is 51.8 Å². The van der Waals surface area contributed by atoms with Gasteiger partial charge in [0.1, 0.15) is 0 Å². The molecule has 0 unspecified atom stereocenters. The van der Waals surface area contributed by atoms with E-state index < -0.39 is 0 Å². The molecule has 0 amide bonds. The predicted octanol–water partition coefficient (Wildman–Crippen LogP) is 4.42. The lowest BCUT2D eigenvalue weighted by Gasteiger charge is -2.02. The van der Waals surface area contributed by atoms with Crippen LogP contribution in [0, 0.1) is 6.92 Å². The first kappa shape index (κ1) is 12.8. The van der Waals surface area contributed by atoms with Gasteiger partial charge in [0.05, 0.1) is 10.1 Å². The van der Waals surface area contributed by atoms with Gasteiger partial charge in [-0.25, -0.2) is 4.98 Å². The van der Waals surface area contributed by atoms with Gasteiger partial charge in [-0.3, -0.25) is 0 Å². The van der Waals surface area contributed by atoms with E-state index in [2.05, 4.69) is 15.2 Å². The van der Waals surface area contributed by atoms with Crippen molar-refractivity contribution < 1.29 is 4.42 Å². The molecule has 3 aromatic heterocycles. The SMILES string of the molecule is Cc1csc(S[C@@H](C)c2nnc(-c3cccs3)o2)n1. The maximum Gasteiger partial charge on any atom is 0.257 e. The Morgan fingerprint density at radius 2 is 2.21 bits per heavy atom. The van der Waals surface area contributed by atoms with Crippen molar-refractivity contribution in [1.29, 1.82) is 0 Å². The van der Waals surface area contributed by atoms with E-state index in [0.29, 0.717) is 11.8 Å². The fourth-order valence-electron chi connectivity index (χ4n) is 1.49. The fourth-order valence-corrected chi connectivity index (χ4v) is 4.15. The van der Waals surface area contributed by atoms with Crippen LogP contribution in [0.5, 0.6) is 0 Å². The van der Waals surface area contributed by atoms with Crippen LogP contribution in [0.4, 0.5) is 0 Å². The van der Waals surface area contributed by atoms with Crippen molar-refractivity contribution >= 4 is 34.4 Å². The number of rotatable bonds is 4. The molecule has 1 atom stereocenters. The highest BCUT2D eigenvalue weighted by Crippen LogP contribution is 2.36. The minimum absolute atomic E-state index is 0.103. The van der Waals surface area contributed by atoms with Gasteiger partial charge in [0.2, 0.25) is 5.89 Å². The minimum Gasteiger partial charge on any atom is -0.419 e. The molecule has 98 valence electrons. The highest BCUT2D eigenvalue weighted by atomic mass is 32.2. The zero-order valence-corrected chi connectivity index (χ0v) is 12.8. The number of nitrogens with zero attached hydrogens (tertiary/aromatic N) is 3. The fraction of sp³-hybridized carbons (Fsp3) is 0.250. The lowest BCUT2D eigenvalue weighted by molar-refractivity contribution is 0.510. The molecule has 0 fully saturated rings. The third-order valence-corrected chi connectivity index (χ3v) is 5.43. The van der Waals surface area contributed by atoms with E-state index in [-0.39, 0.29) is 5.25 Å². The Kier molecular flexibility index (Phi) is 3.67. The quantitative estimate of drug-likeness (QED) is 0.668. The van der Waals surface area contributed by atoms with Crippen LogP contribution in [0.2, 0.25) is 0 Å². The second-order valence-electron chi connectivity index (χ2n) is 3.94. The van der Waals surface area contributed by atoms with Gasteiger partial charge in [-0.2, -0.15) is 0 Å². The number of aryl methyl sites for hydroxylation is 1. The monoisotopic (exact) mass is 309 g/mol. The highest BCUT2D eigenvalue weighted by Gasteiger charge is 2.17. The highest BCUT2D eigenvalue weighted by molar-refractivity contribution is 8.01. The summed E-state index contributed by atoms with van der Waals surface area (Å²) in [5, 5.41) is 12.4. The maximum absolute atomic E-state index is 5.71. The van der Waals surface area contributed by atoms with E-state index in [1.807, 2.05) is 36.7 Å².